The Morgan fingerprint density at radius 2 is 2.00 bits per heavy atom. The molecule has 0 aromatic heterocycles. The van der Waals surface area contributed by atoms with Crippen LogP contribution in [0.25, 0.3) is 0 Å². The van der Waals surface area contributed by atoms with Crippen LogP contribution in [0.5, 0.6) is 0 Å². The highest BCUT2D eigenvalue weighted by atomic mass is 127. The van der Waals surface area contributed by atoms with Gasteiger partial charge < -0.3 is 4.74 Å². The van der Waals surface area contributed by atoms with Crippen LogP contribution in [0.3, 0.4) is 0 Å². The molecule has 0 saturated heterocycles. The van der Waals surface area contributed by atoms with Gasteiger partial charge in [-0.2, -0.15) is 0 Å². The maximum absolute atomic E-state index is 6.09. The van der Waals surface area contributed by atoms with E-state index >= 15 is 0 Å². The van der Waals surface area contributed by atoms with E-state index in [1.165, 1.54) is 25.7 Å². The molecule has 1 nitrogen and oxygen atoms in total. The van der Waals surface area contributed by atoms with Crippen LogP contribution >= 0.6 is 22.6 Å². The Kier molecular flexibility index (Phi) is 4.30. The van der Waals surface area contributed by atoms with Crippen LogP contribution < -0.4 is 0 Å². The Balaban J connectivity index is 2.43. The normalized spacial score (nSPS) is 24.2. The van der Waals surface area contributed by atoms with Gasteiger partial charge in [-0.25, -0.2) is 0 Å². The smallest absolute Gasteiger partial charge is 0.0775 e. The number of alkyl halides is 1. The van der Waals surface area contributed by atoms with E-state index in [-0.39, 0.29) is 5.60 Å². The SMILES string of the molecule is CCC(C)OC1(CI)CCCC1. The van der Waals surface area contributed by atoms with E-state index in [9.17, 15) is 0 Å². The number of hydrogen-bond acceptors (Lipinski definition) is 1. The third kappa shape index (κ3) is 2.59. The average Bonchev–Trinajstić information content (AvgIpc) is 2.54. The molecule has 1 unspecified atom stereocenters. The molecule has 1 saturated carbocycles. The zero-order valence-electron chi connectivity index (χ0n) is 8.11. The first kappa shape index (κ1) is 10.8. The van der Waals surface area contributed by atoms with Crippen LogP contribution in [0, 0.1) is 0 Å². The first-order chi connectivity index (χ1) is 5.72. The van der Waals surface area contributed by atoms with Crippen LogP contribution in [0.15, 0.2) is 0 Å². The third-order valence-electron chi connectivity index (χ3n) is 2.78. The molecule has 0 aromatic rings. The zero-order chi connectivity index (χ0) is 9.03. The van der Waals surface area contributed by atoms with Gasteiger partial charge in [-0.3, -0.25) is 0 Å². The van der Waals surface area contributed by atoms with Crippen molar-refractivity contribution in [2.45, 2.75) is 57.7 Å². The molecule has 1 atom stereocenters. The summed E-state index contributed by atoms with van der Waals surface area (Å²) < 4.78 is 7.25. The second-order valence-corrected chi connectivity index (χ2v) is 4.62. The van der Waals surface area contributed by atoms with Crippen LogP contribution in [0.1, 0.15) is 46.0 Å². The van der Waals surface area contributed by atoms with Crippen molar-refractivity contribution in [2.75, 3.05) is 4.43 Å². The maximum atomic E-state index is 6.09. The third-order valence-corrected chi connectivity index (χ3v) is 4.17. The highest BCUT2D eigenvalue weighted by Crippen LogP contribution is 2.36. The molecule has 1 rings (SSSR count). The van der Waals surface area contributed by atoms with Crippen LogP contribution in [0.2, 0.25) is 0 Å². The standard InChI is InChI=1S/C10H19IO/c1-3-9(2)12-10(8-11)6-4-5-7-10/h9H,3-8H2,1-2H3. The molecule has 0 aromatic carbocycles. The molecule has 1 aliphatic rings. The molecule has 0 N–H and O–H groups in total. The zero-order valence-corrected chi connectivity index (χ0v) is 10.3. The van der Waals surface area contributed by atoms with E-state index in [1.807, 2.05) is 0 Å². The molecule has 0 amide bonds. The molecule has 1 aliphatic carbocycles. The lowest BCUT2D eigenvalue weighted by Crippen LogP contribution is -2.34. The first-order valence-electron chi connectivity index (χ1n) is 4.96. The van der Waals surface area contributed by atoms with E-state index in [1.54, 1.807) is 0 Å². The van der Waals surface area contributed by atoms with Gasteiger partial charge in [0.25, 0.3) is 0 Å². The van der Waals surface area contributed by atoms with Gasteiger partial charge in [-0.05, 0) is 26.2 Å². The van der Waals surface area contributed by atoms with E-state index < -0.39 is 0 Å². The number of rotatable bonds is 4. The number of halogens is 1. The van der Waals surface area contributed by atoms with Crippen molar-refractivity contribution < 1.29 is 4.74 Å². The minimum absolute atomic E-state index is 0.246. The Hall–Kier alpha value is 0.690. The van der Waals surface area contributed by atoms with Crippen LogP contribution in [0.4, 0.5) is 0 Å². The topological polar surface area (TPSA) is 9.23 Å². The Labute approximate surface area is 89.4 Å². The number of ether oxygens (including phenoxy) is 1. The van der Waals surface area contributed by atoms with Gasteiger partial charge in [-0.1, -0.05) is 42.4 Å². The van der Waals surface area contributed by atoms with Gasteiger partial charge in [-0.15, -0.1) is 0 Å². The van der Waals surface area contributed by atoms with Gasteiger partial charge in [0.05, 0.1) is 11.7 Å². The molecule has 0 spiro atoms. The molecule has 2 heteroatoms. The summed E-state index contributed by atoms with van der Waals surface area (Å²) in [6.45, 7) is 4.38. The summed E-state index contributed by atoms with van der Waals surface area (Å²) in [5, 5.41) is 0. The largest absolute Gasteiger partial charge is 0.371 e. The Morgan fingerprint density at radius 3 is 2.42 bits per heavy atom. The van der Waals surface area contributed by atoms with Crippen LogP contribution in [-0.2, 0) is 4.74 Å². The minimum Gasteiger partial charge on any atom is -0.371 e. The summed E-state index contributed by atoms with van der Waals surface area (Å²) in [6.07, 6.45) is 6.86. The van der Waals surface area contributed by atoms with Crippen molar-refractivity contribution >= 4 is 22.6 Å². The summed E-state index contributed by atoms with van der Waals surface area (Å²) in [5.41, 5.74) is 0.246. The van der Waals surface area contributed by atoms with E-state index in [4.69, 9.17) is 4.74 Å². The molecule has 72 valence electrons. The monoisotopic (exact) mass is 282 g/mol. The van der Waals surface area contributed by atoms with Gasteiger partial charge in [0, 0.05) is 4.43 Å². The number of hydrogen-bond donors (Lipinski definition) is 0. The summed E-state index contributed by atoms with van der Waals surface area (Å²) in [5.74, 6) is 0. The summed E-state index contributed by atoms with van der Waals surface area (Å²) in [6, 6.07) is 0. The molecule has 0 bridgehead atoms. The van der Waals surface area contributed by atoms with Crippen molar-refractivity contribution in [3.05, 3.63) is 0 Å². The summed E-state index contributed by atoms with van der Waals surface area (Å²) in [7, 11) is 0. The fourth-order valence-corrected chi connectivity index (χ4v) is 2.76. The fourth-order valence-electron chi connectivity index (χ4n) is 1.81. The highest BCUT2D eigenvalue weighted by molar-refractivity contribution is 14.1. The van der Waals surface area contributed by atoms with Crippen molar-refractivity contribution in [3.8, 4) is 0 Å². The molecule has 0 radical (unpaired) electrons. The van der Waals surface area contributed by atoms with Crippen molar-refractivity contribution in [3.63, 3.8) is 0 Å². The molecule has 0 aliphatic heterocycles. The van der Waals surface area contributed by atoms with Gasteiger partial charge in [0.15, 0.2) is 0 Å². The second kappa shape index (κ2) is 4.80. The predicted molar refractivity (Wildman–Crippen MR) is 60.9 cm³/mol. The van der Waals surface area contributed by atoms with E-state index in [2.05, 4.69) is 36.4 Å². The first-order valence-corrected chi connectivity index (χ1v) is 6.49. The second-order valence-electron chi connectivity index (χ2n) is 3.86. The lowest BCUT2D eigenvalue weighted by molar-refractivity contribution is -0.0664. The Bertz CT molecular complexity index is 130. The highest BCUT2D eigenvalue weighted by Gasteiger charge is 2.34. The predicted octanol–water partition coefficient (Wildman–Crippen LogP) is 3.55. The van der Waals surface area contributed by atoms with E-state index in [0.29, 0.717) is 6.10 Å². The summed E-state index contributed by atoms with van der Waals surface area (Å²) >= 11 is 2.47. The summed E-state index contributed by atoms with van der Waals surface area (Å²) in [4.78, 5) is 0. The molecule has 0 heterocycles. The van der Waals surface area contributed by atoms with E-state index in [0.717, 1.165) is 10.8 Å². The van der Waals surface area contributed by atoms with Gasteiger partial charge >= 0.3 is 0 Å². The molecule has 12 heavy (non-hydrogen) atoms. The average molecular weight is 282 g/mol. The minimum atomic E-state index is 0.246. The quantitative estimate of drug-likeness (QED) is 0.566. The van der Waals surface area contributed by atoms with Crippen LogP contribution in [-0.4, -0.2) is 16.1 Å². The van der Waals surface area contributed by atoms with Crippen molar-refractivity contribution in [1.82, 2.24) is 0 Å². The van der Waals surface area contributed by atoms with Gasteiger partial charge in [0.2, 0.25) is 0 Å². The lowest BCUT2D eigenvalue weighted by atomic mass is 10.1. The molecular weight excluding hydrogens is 263 g/mol. The maximum Gasteiger partial charge on any atom is 0.0775 e. The van der Waals surface area contributed by atoms with Crippen molar-refractivity contribution in [1.29, 1.82) is 0 Å². The molecular formula is C10H19IO. The fraction of sp³-hybridized carbons (Fsp3) is 1.00. The van der Waals surface area contributed by atoms with Crippen molar-refractivity contribution in [2.24, 2.45) is 0 Å². The van der Waals surface area contributed by atoms with Gasteiger partial charge in [0.1, 0.15) is 0 Å². The lowest BCUT2D eigenvalue weighted by Gasteiger charge is -2.30. The molecule has 1 fully saturated rings. The Morgan fingerprint density at radius 1 is 1.42 bits per heavy atom.